The van der Waals surface area contributed by atoms with E-state index in [1.165, 1.54) is 7.05 Å². The first-order chi connectivity index (χ1) is 11.4. The molecule has 0 amide bonds. The summed E-state index contributed by atoms with van der Waals surface area (Å²) in [5.74, 6) is -0.780. The summed E-state index contributed by atoms with van der Waals surface area (Å²) in [5, 5.41) is 7.37. The first-order valence-electron chi connectivity index (χ1n) is 7.22. The van der Waals surface area contributed by atoms with Crippen molar-refractivity contribution in [3.63, 3.8) is 0 Å². The average Bonchev–Trinajstić information content (AvgIpc) is 3.29. The molecule has 0 radical (unpaired) electrons. The van der Waals surface area contributed by atoms with Gasteiger partial charge < -0.3 is 10.6 Å². The third-order valence-electron chi connectivity index (χ3n) is 4.05. The summed E-state index contributed by atoms with van der Waals surface area (Å²) in [7, 11) is 1.32. The van der Waals surface area contributed by atoms with Gasteiger partial charge in [0, 0.05) is 25.5 Å². The highest BCUT2D eigenvalue weighted by Gasteiger charge is 2.48. The van der Waals surface area contributed by atoms with Crippen molar-refractivity contribution < 1.29 is 18.4 Å². The zero-order valence-corrected chi connectivity index (χ0v) is 12.8. The monoisotopic (exact) mass is 335 g/mol. The Morgan fingerprint density at radius 3 is 2.62 bits per heavy atom. The molecule has 9 heteroatoms. The molecule has 2 N–H and O–H groups in total. The third-order valence-corrected chi connectivity index (χ3v) is 4.05. The largest absolute Gasteiger partial charge is 0.385 e. The Hall–Kier alpha value is -2.84. The van der Waals surface area contributed by atoms with E-state index in [4.69, 9.17) is 10.6 Å². The van der Waals surface area contributed by atoms with E-state index in [0.717, 1.165) is 29.2 Å². The fourth-order valence-electron chi connectivity index (χ4n) is 2.50. The van der Waals surface area contributed by atoms with Gasteiger partial charge in [-0.25, -0.2) is 13.6 Å². The van der Waals surface area contributed by atoms with E-state index in [-0.39, 0.29) is 17.2 Å². The molecule has 0 saturated heterocycles. The molecule has 1 aliphatic rings. The second kappa shape index (κ2) is 5.99. The molecule has 0 unspecified atom stereocenters. The number of oxime groups is 1. The molecule has 1 saturated carbocycles. The van der Waals surface area contributed by atoms with Gasteiger partial charge in [-0.3, -0.25) is 9.67 Å². The summed E-state index contributed by atoms with van der Waals surface area (Å²) in [6, 6.07) is 4.62. The van der Waals surface area contributed by atoms with Gasteiger partial charge in [0.05, 0.1) is 5.41 Å². The van der Waals surface area contributed by atoms with Crippen LogP contribution in [0.2, 0.25) is 0 Å². The van der Waals surface area contributed by atoms with Crippen LogP contribution in [0.25, 0.3) is 0 Å². The summed E-state index contributed by atoms with van der Waals surface area (Å²) >= 11 is 0. The minimum absolute atomic E-state index is 0.159. The van der Waals surface area contributed by atoms with E-state index in [9.17, 15) is 13.6 Å². The minimum Gasteiger partial charge on any atom is -0.384 e. The molecule has 2 heterocycles. The normalized spacial score (nSPS) is 16.2. The van der Waals surface area contributed by atoms with Crippen LogP contribution in [-0.4, -0.2) is 26.6 Å². The Balaban J connectivity index is 1.74. The van der Waals surface area contributed by atoms with E-state index in [2.05, 4.69) is 15.2 Å². The third kappa shape index (κ3) is 2.84. The summed E-state index contributed by atoms with van der Waals surface area (Å²) in [5.41, 5.74) is 5.81. The SMILES string of the molecule is Cn1nc(C(=O)O/N=C(\N)C2(c3ccncc3)CC2)cc1C(F)F. The summed E-state index contributed by atoms with van der Waals surface area (Å²) in [4.78, 5) is 20.6. The number of alkyl halides is 2. The van der Waals surface area contributed by atoms with Gasteiger partial charge in [0.2, 0.25) is 0 Å². The number of rotatable bonds is 5. The van der Waals surface area contributed by atoms with Gasteiger partial charge in [0.1, 0.15) is 5.69 Å². The maximum absolute atomic E-state index is 12.7. The Morgan fingerprint density at radius 2 is 2.08 bits per heavy atom. The van der Waals surface area contributed by atoms with E-state index in [1.54, 1.807) is 12.4 Å². The number of carbonyl (C=O) groups is 1. The van der Waals surface area contributed by atoms with Crippen LogP contribution in [0.15, 0.2) is 35.7 Å². The molecule has 0 aromatic carbocycles. The van der Waals surface area contributed by atoms with Crippen LogP contribution < -0.4 is 5.73 Å². The molecule has 0 aliphatic heterocycles. The quantitative estimate of drug-likeness (QED) is 0.390. The Kier molecular flexibility index (Phi) is 4.00. The number of nitrogens with zero attached hydrogens (tertiary/aromatic N) is 4. The molecule has 2 aromatic heterocycles. The molecule has 0 bridgehead atoms. The molecule has 24 heavy (non-hydrogen) atoms. The lowest BCUT2D eigenvalue weighted by atomic mass is 9.96. The van der Waals surface area contributed by atoms with Crippen molar-refractivity contribution in [1.82, 2.24) is 14.8 Å². The van der Waals surface area contributed by atoms with Crippen molar-refractivity contribution in [1.29, 1.82) is 0 Å². The molecule has 0 atom stereocenters. The van der Waals surface area contributed by atoms with Crippen LogP contribution >= 0.6 is 0 Å². The number of nitrogens with two attached hydrogens (primary N) is 1. The molecule has 1 aliphatic carbocycles. The van der Waals surface area contributed by atoms with Gasteiger partial charge in [-0.05, 0) is 30.5 Å². The lowest BCUT2D eigenvalue weighted by Crippen LogP contribution is -2.29. The number of hydrogen-bond acceptors (Lipinski definition) is 5. The maximum atomic E-state index is 12.7. The standard InChI is InChI=1S/C15H15F2N5O2/c1-22-11(12(16)17)8-10(20-22)13(23)24-21-14(18)15(4-5-15)9-2-6-19-7-3-9/h2-3,6-8,12H,4-5H2,1H3,(H2,18,21). The van der Waals surface area contributed by atoms with Crippen LogP contribution in [0.1, 0.15) is 41.0 Å². The van der Waals surface area contributed by atoms with Crippen molar-refractivity contribution in [3.8, 4) is 0 Å². The highest BCUT2D eigenvalue weighted by atomic mass is 19.3. The molecular formula is C15H15F2N5O2. The van der Waals surface area contributed by atoms with E-state index >= 15 is 0 Å². The minimum atomic E-state index is -2.74. The fourth-order valence-corrected chi connectivity index (χ4v) is 2.50. The number of pyridine rings is 1. The predicted molar refractivity (Wildman–Crippen MR) is 80.4 cm³/mol. The van der Waals surface area contributed by atoms with Gasteiger partial charge in [-0.15, -0.1) is 0 Å². The topological polar surface area (TPSA) is 95.4 Å². The maximum Gasteiger partial charge on any atom is 0.385 e. The molecule has 0 spiro atoms. The Morgan fingerprint density at radius 1 is 1.42 bits per heavy atom. The average molecular weight is 335 g/mol. The van der Waals surface area contributed by atoms with E-state index in [0.29, 0.717) is 0 Å². The van der Waals surface area contributed by atoms with Crippen LogP contribution in [0.4, 0.5) is 8.78 Å². The van der Waals surface area contributed by atoms with Crippen molar-refractivity contribution in [2.75, 3.05) is 0 Å². The van der Waals surface area contributed by atoms with Gasteiger partial charge in [0.25, 0.3) is 6.43 Å². The highest BCUT2D eigenvalue weighted by molar-refractivity contribution is 5.95. The van der Waals surface area contributed by atoms with Crippen LogP contribution in [0.5, 0.6) is 0 Å². The molecule has 126 valence electrons. The summed E-state index contributed by atoms with van der Waals surface area (Å²) in [6.07, 6.45) is 2.12. The first-order valence-corrected chi connectivity index (χ1v) is 7.22. The first kappa shape index (κ1) is 16.0. The number of hydrogen-bond donors (Lipinski definition) is 1. The molecular weight excluding hydrogens is 320 g/mol. The highest BCUT2D eigenvalue weighted by Crippen LogP contribution is 2.48. The number of carbonyl (C=O) groups excluding carboxylic acids is 1. The van der Waals surface area contributed by atoms with Crippen molar-refractivity contribution in [2.45, 2.75) is 24.7 Å². The number of amidine groups is 1. The van der Waals surface area contributed by atoms with E-state index in [1.807, 2.05) is 12.1 Å². The summed E-state index contributed by atoms with van der Waals surface area (Å²) < 4.78 is 26.3. The second-order valence-electron chi connectivity index (χ2n) is 5.55. The number of halogens is 2. The molecule has 7 nitrogen and oxygen atoms in total. The van der Waals surface area contributed by atoms with Gasteiger partial charge >= 0.3 is 5.97 Å². The van der Waals surface area contributed by atoms with Crippen LogP contribution in [0, 0.1) is 0 Å². The Bertz CT molecular complexity index is 784. The van der Waals surface area contributed by atoms with Crippen LogP contribution in [0.3, 0.4) is 0 Å². The van der Waals surface area contributed by atoms with Gasteiger partial charge in [0.15, 0.2) is 11.5 Å². The second-order valence-corrected chi connectivity index (χ2v) is 5.55. The Labute approximate surface area is 136 Å². The molecule has 1 fully saturated rings. The zero-order valence-electron chi connectivity index (χ0n) is 12.8. The smallest absolute Gasteiger partial charge is 0.384 e. The van der Waals surface area contributed by atoms with E-state index < -0.39 is 17.8 Å². The summed E-state index contributed by atoms with van der Waals surface area (Å²) in [6.45, 7) is 0. The molecule has 2 aromatic rings. The lowest BCUT2D eigenvalue weighted by molar-refractivity contribution is 0.0506. The van der Waals surface area contributed by atoms with Gasteiger partial charge in [-0.1, -0.05) is 5.16 Å². The van der Waals surface area contributed by atoms with Crippen LogP contribution in [-0.2, 0) is 17.3 Å². The van der Waals surface area contributed by atoms with Crippen molar-refractivity contribution >= 4 is 11.8 Å². The molecule has 3 rings (SSSR count). The van der Waals surface area contributed by atoms with Crippen molar-refractivity contribution in [3.05, 3.63) is 47.5 Å². The fraction of sp³-hybridized carbons (Fsp3) is 0.333. The predicted octanol–water partition coefficient (Wildman–Crippen LogP) is 1.91. The van der Waals surface area contributed by atoms with Crippen molar-refractivity contribution in [2.24, 2.45) is 17.9 Å². The number of aryl methyl sites for hydroxylation is 1. The van der Waals surface area contributed by atoms with Gasteiger partial charge in [-0.2, -0.15) is 5.10 Å². The zero-order chi connectivity index (χ0) is 17.3. The number of aromatic nitrogens is 3. The lowest BCUT2D eigenvalue weighted by Gasteiger charge is -2.13.